The fourth-order valence-corrected chi connectivity index (χ4v) is 1.78. The highest BCUT2D eigenvalue weighted by molar-refractivity contribution is 7.91. The minimum absolute atomic E-state index is 0.252. The third kappa shape index (κ3) is 2.93. The van der Waals surface area contributed by atoms with Crippen LogP contribution in [0.25, 0.3) is 0 Å². The van der Waals surface area contributed by atoms with Crippen molar-refractivity contribution in [3.63, 3.8) is 0 Å². The van der Waals surface area contributed by atoms with Crippen LogP contribution in [-0.2, 0) is 19.3 Å². The molecule has 5 heteroatoms. The van der Waals surface area contributed by atoms with Crippen LogP contribution < -0.4 is 0 Å². The third-order valence-electron chi connectivity index (χ3n) is 2.04. The Morgan fingerprint density at radius 1 is 1.23 bits per heavy atom. The van der Waals surface area contributed by atoms with E-state index in [-0.39, 0.29) is 25.4 Å². The minimum Gasteiger partial charge on any atom is -0.351 e. The molecule has 0 aromatic rings. The Morgan fingerprint density at radius 3 is 2.00 bits per heavy atom. The summed E-state index contributed by atoms with van der Waals surface area (Å²) in [6, 6.07) is 0. The lowest BCUT2D eigenvalue weighted by Crippen LogP contribution is -2.41. The monoisotopic (exact) mass is 208 g/mol. The second-order valence-corrected chi connectivity index (χ2v) is 6.06. The molecule has 0 bridgehead atoms. The Labute approximate surface area is 79.1 Å². The highest BCUT2D eigenvalue weighted by atomic mass is 32.2. The van der Waals surface area contributed by atoms with Crippen LogP contribution in [-0.4, -0.2) is 39.4 Å². The predicted molar refractivity (Wildman–Crippen MR) is 49.2 cm³/mol. The van der Waals surface area contributed by atoms with E-state index >= 15 is 0 Å². The topological polar surface area (TPSA) is 52.6 Å². The van der Waals surface area contributed by atoms with Crippen LogP contribution in [0, 0.1) is 5.92 Å². The smallest absolute Gasteiger partial charge is 0.159 e. The van der Waals surface area contributed by atoms with Crippen molar-refractivity contribution in [2.75, 3.05) is 19.5 Å². The molecule has 1 aliphatic rings. The van der Waals surface area contributed by atoms with Gasteiger partial charge in [-0.25, -0.2) is 8.42 Å². The van der Waals surface area contributed by atoms with E-state index in [2.05, 4.69) is 0 Å². The lowest BCUT2D eigenvalue weighted by Gasteiger charge is -2.30. The largest absolute Gasteiger partial charge is 0.351 e. The fourth-order valence-electron chi connectivity index (χ4n) is 1.13. The second-order valence-electron chi connectivity index (χ2n) is 3.73. The van der Waals surface area contributed by atoms with E-state index in [9.17, 15) is 8.42 Å². The van der Waals surface area contributed by atoms with Gasteiger partial charge in [-0.2, -0.15) is 0 Å². The van der Waals surface area contributed by atoms with E-state index in [0.29, 0.717) is 0 Å². The molecule has 1 rings (SSSR count). The Kier molecular flexibility index (Phi) is 3.32. The SMILES string of the molecule is CC(C)C1OCC(S(C)(=O)=O)CO1. The summed E-state index contributed by atoms with van der Waals surface area (Å²) < 4.78 is 32.8. The minimum atomic E-state index is -3.03. The first-order valence-corrected chi connectivity index (χ1v) is 6.29. The van der Waals surface area contributed by atoms with Crippen molar-refractivity contribution < 1.29 is 17.9 Å². The maximum atomic E-state index is 11.1. The summed E-state index contributed by atoms with van der Waals surface area (Å²) in [6.45, 7) is 4.46. The number of sulfone groups is 1. The second kappa shape index (κ2) is 3.94. The standard InChI is InChI=1S/C8H16O4S/c1-6(2)8-11-4-7(5-12-8)13(3,9)10/h6-8H,4-5H2,1-3H3. The van der Waals surface area contributed by atoms with Gasteiger partial charge in [-0.15, -0.1) is 0 Å². The first kappa shape index (κ1) is 10.9. The summed E-state index contributed by atoms with van der Waals surface area (Å²) in [5.74, 6) is 0.264. The van der Waals surface area contributed by atoms with Crippen LogP contribution in [0.2, 0.25) is 0 Å². The van der Waals surface area contributed by atoms with Crippen molar-refractivity contribution in [2.45, 2.75) is 25.4 Å². The van der Waals surface area contributed by atoms with Crippen LogP contribution >= 0.6 is 0 Å². The lowest BCUT2D eigenvalue weighted by atomic mass is 10.2. The van der Waals surface area contributed by atoms with Gasteiger partial charge in [0.05, 0.1) is 13.2 Å². The van der Waals surface area contributed by atoms with E-state index in [0.717, 1.165) is 0 Å². The fraction of sp³-hybridized carbons (Fsp3) is 1.00. The molecule has 13 heavy (non-hydrogen) atoms. The van der Waals surface area contributed by atoms with Gasteiger partial charge in [0.25, 0.3) is 0 Å². The summed E-state index contributed by atoms with van der Waals surface area (Å²) in [7, 11) is -3.03. The van der Waals surface area contributed by atoms with Crippen LogP contribution in [0.5, 0.6) is 0 Å². The van der Waals surface area contributed by atoms with Crippen LogP contribution in [0.4, 0.5) is 0 Å². The summed E-state index contributed by atoms with van der Waals surface area (Å²) in [5, 5.41) is -0.498. The Balaban J connectivity index is 2.49. The maximum Gasteiger partial charge on any atom is 0.159 e. The zero-order valence-electron chi connectivity index (χ0n) is 8.19. The molecule has 1 aliphatic heterocycles. The molecule has 0 N–H and O–H groups in total. The van der Waals surface area contributed by atoms with Gasteiger partial charge in [-0.05, 0) is 0 Å². The number of hydrogen-bond donors (Lipinski definition) is 0. The van der Waals surface area contributed by atoms with Gasteiger partial charge in [-0.3, -0.25) is 0 Å². The molecular formula is C8H16O4S. The average Bonchev–Trinajstić information content (AvgIpc) is 2.03. The normalized spacial score (nSPS) is 30.8. The lowest BCUT2D eigenvalue weighted by molar-refractivity contribution is -0.196. The Morgan fingerprint density at radius 2 is 1.69 bits per heavy atom. The number of hydrogen-bond acceptors (Lipinski definition) is 4. The van der Waals surface area contributed by atoms with Crippen LogP contribution in [0.3, 0.4) is 0 Å². The molecule has 1 heterocycles. The van der Waals surface area contributed by atoms with Crippen LogP contribution in [0.1, 0.15) is 13.8 Å². The molecule has 0 spiro atoms. The van der Waals surface area contributed by atoms with Gasteiger partial charge < -0.3 is 9.47 Å². The van der Waals surface area contributed by atoms with E-state index in [1.807, 2.05) is 13.8 Å². The van der Waals surface area contributed by atoms with Crippen molar-refractivity contribution in [3.05, 3.63) is 0 Å². The molecule has 0 atom stereocenters. The van der Waals surface area contributed by atoms with E-state index in [1.54, 1.807) is 0 Å². The van der Waals surface area contributed by atoms with Gasteiger partial charge in [0.1, 0.15) is 5.25 Å². The van der Waals surface area contributed by atoms with Crippen molar-refractivity contribution in [2.24, 2.45) is 5.92 Å². The summed E-state index contributed by atoms with van der Waals surface area (Å²) in [6.07, 6.45) is 0.957. The summed E-state index contributed by atoms with van der Waals surface area (Å²) >= 11 is 0. The molecule has 0 aromatic carbocycles. The Bertz CT molecular complexity index is 249. The predicted octanol–water partition coefficient (Wildman–Crippen LogP) is 0.429. The Hall–Kier alpha value is -0.130. The van der Waals surface area contributed by atoms with E-state index in [4.69, 9.17) is 9.47 Å². The number of ether oxygens (including phenoxy) is 2. The van der Waals surface area contributed by atoms with Crippen molar-refractivity contribution >= 4 is 9.84 Å². The molecule has 1 saturated heterocycles. The average molecular weight is 208 g/mol. The van der Waals surface area contributed by atoms with E-state index < -0.39 is 15.1 Å². The summed E-state index contributed by atoms with van der Waals surface area (Å²) in [4.78, 5) is 0. The molecule has 0 radical (unpaired) electrons. The molecule has 0 aromatic heterocycles. The van der Waals surface area contributed by atoms with Gasteiger partial charge in [0, 0.05) is 12.2 Å². The number of rotatable bonds is 2. The summed E-state index contributed by atoms with van der Waals surface area (Å²) in [5.41, 5.74) is 0. The van der Waals surface area contributed by atoms with Crippen molar-refractivity contribution in [1.29, 1.82) is 0 Å². The van der Waals surface area contributed by atoms with Crippen molar-refractivity contribution in [3.8, 4) is 0 Å². The third-order valence-corrected chi connectivity index (χ3v) is 3.53. The van der Waals surface area contributed by atoms with Gasteiger partial charge in [0.2, 0.25) is 0 Å². The first-order chi connectivity index (χ1) is 5.91. The highest BCUT2D eigenvalue weighted by Crippen LogP contribution is 2.16. The quantitative estimate of drug-likeness (QED) is 0.660. The molecule has 0 saturated carbocycles. The highest BCUT2D eigenvalue weighted by Gasteiger charge is 2.30. The first-order valence-electron chi connectivity index (χ1n) is 4.33. The van der Waals surface area contributed by atoms with Gasteiger partial charge in [0.15, 0.2) is 16.1 Å². The molecule has 0 unspecified atom stereocenters. The maximum absolute atomic E-state index is 11.1. The van der Waals surface area contributed by atoms with Gasteiger partial charge >= 0.3 is 0 Å². The molecular weight excluding hydrogens is 192 g/mol. The molecule has 78 valence electrons. The molecule has 0 amide bonds. The molecule has 1 fully saturated rings. The molecule has 0 aliphatic carbocycles. The van der Waals surface area contributed by atoms with Crippen molar-refractivity contribution in [1.82, 2.24) is 0 Å². The molecule has 4 nitrogen and oxygen atoms in total. The zero-order valence-corrected chi connectivity index (χ0v) is 9.00. The van der Waals surface area contributed by atoms with E-state index in [1.165, 1.54) is 6.26 Å². The zero-order chi connectivity index (χ0) is 10.1. The van der Waals surface area contributed by atoms with Crippen LogP contribution in [0.15, 0.2) is 0 Å². The van der Waals surface area contributed by atoms with Gasteiger partial charge in [-0.1, -0.05) is 13.8 Å².